The normalized spacial score (nSPS) is 15.2. The quantitative estimate of drug-likeness (QED) is 0.399. The zero-order valence-electron chi connectivity index (χ0n) is 15.8. The van der Waals surface area contributed by atoms with Crippen LogP contribution >= 0.6 is 11.8 Å². The number of hydrogen-bond acceptors (Lipinski definition) is 4. The van der Waals surface area contributed by atoms with Crippen LogP contribution in [0, 0.1) is 5.92 Å². The molecule has 1 aliphatic heterocycles. The van der Waals surface area contributed by atoms with Crippen LogP contribution in [0.1, 0.15) is 23.2 Å². The van der Waals surface area contributed by atoms with E-state index in [-0.39, 0.29) is 11.7 Å². The van der Waals surface area contributed by atoms with Crippen molar-refractivity contribution < 1.29 is 4.79 Å². The first-order valence-electron chi connectivity index (χ1n) is 9.44. The van der Waals surface area contributed by atoms with E-state index in [9.17, 15) is 4.79 Å². The number of carbonyl (C=O) groups excluding carboxylic acids is 1. The number of carbonyl (C=O) groups is 1. The lowest BCUT2D eigenvalue weighted by molar-refractivity contribution is 0.0900. The Kier molecular flexibility index (Phi) is 5.21. The molecule has 1 saturated heterocycles. The number of rotatable bonds is 4. The molecule has 5 heteroatoms. The van der Waals surface area contributed by atoms with Crippen LogP contribution in [0.2, 0.25) is 0 Å². The Labute approximate surface area is 165 Å². The fraction of sp³-hybridized carbons (Fsp3) is 0.273. The lowest BCUT2D eigenvalue weighted by atomic mass is 9.88. The number of nitrogens with zero attached hydrogens (tertiary/aromatic N) is 2. The van der Waals surface area contributed by atoms with E-state index >= 15 is 0 Å². The van der Waals surface area contributed by atoms with Gasteiger partial charge in [0.1, 0.15) is 7.85 Å². The molecule has 3 nitrogen and oxygen atoms in total. The van der Waals surface area contributed by atoms with Crippen molar-refractivity contribution in [2.24, 2.45) is 5.92 Å². The minimum atomic E-state index is 0.121. The molecule has 0 aliphatic carbocycles. The van der Waals surface area contributed by atoms with E-state index in [1.54, 1.807) is 11.8 Å². The van der Waals surface area contributed by atoms with Gasteiger partial charge in [-0.2, -0.15) is 0 Å². The van der Waals surface area contributed by atoms with Crippen molar-refractivity contribution in [3.8, 4) is 0 Å². The summed E-state index contributed by atoms with van der Waals surface area (Å²) in [6, 6.07) is 16.5. The first-order chi connectivity index (χ1) is 13.2. The predicted octanol–water partition coefficient (Wildman–Crippen LogP) is 3.31. The number of anilines is 1. The maximum atomic E-state index is 12.9. The Morgan fingerprint density at radius 1 is 1.11 bits per heavy atom. The topological polar surface area (TPSA) is 33.2 Å². The molecule has 4 rings (SSSR count). The average Bonchev–Trinajstić information content (AvgIpc) is 2.73. The van der Waals surface area contributed by atoms with E-state index in [1.807, 2.05) is 30.5 Å². The summed E-state index contributed by atoms with van der Waals surface area (Å²) < 4.78 is 0. The van der Waals surface area contributed by atoms with Crippen molar-refractivity contribution >= 4 is 47.4 Å². The van der Waals surface area contributed by atoms with Crippen molar-refractivity contribution in [1.29, 1.82) is 0 Å². The highest BCUT2D eigenvalue weighted by Gasteiger charge is 2.26. The molecule has 0 N–H and O–H groups in total. The molecule has 2 aromatic carbocycles. The van der Waals surface area contributed by atoms with Gasteiger partial charge in [0.2, 0.25) is 0 Å². The van der Waals surface area contributed by atoms with Crippen LogP contribution in [0.4, 0.5) is 5.69 Å². The fourth-order valence-corrected chi connectivity index (χ4v) is 4.30. The number of thioether (sulfide) groups is 1. The van der Waals surface area contributed by atoms with Gasteiger partial charge in [-0.25, -0.2) is 0 Å². The number of benzene rings is 2. The van der Waals surface area contributed by atoms with E-state index in [0.717, 1.165) is 37.0 Å². The molecule has 27 heavy (non-hydrogen) atoms. The molecule has 0 amide bonds. The SMILES string of the molecule is Bc1ccc2nccc(N3CCC(C(=O)c4ccc(SC)cc4)CC3)c2c1. The molecular formula is C22H23BN2OS. The minimum Gasteiger partial charge on any atom is -0.371 e. The first kappa shape index (κ1) is 18.1. The third-order valence-electron chi connectivity index (χ3n) is 5.46. The maximum absolute atomic E-state index is 12.9. The van der Waals surface area contributed by atoms with Crippen LogP contribution < -0.4 is 10.4 Å². The lowest BCUT2D eigenvalue weighted by Gasteiger charge is -2.33. The summed E-state index contributed by atoms with van der Waals surface area (Å²) in [5.41, 5.74) is 4.36. The zero-order chi connectivity index (χ0) is 18.8. The van der Waals surface area contributed by atoms with Crippen molar-refractivity contribution in [3.63, 3.8) is 0 Å². The largest absolute Gasteiger partial charge is 0.371 e. The van der Waals surface area contributed by atoms with Crippen LogP contribution in [-0.4, -0.2) is 38.0 Å². The van der Waals surface area contributed by atoms with Gasteiger partial charge in [0.05, 0.1) is 5.52 Å². The molecular weight excluding hydrogens is 351 g/mol. The monoisotopic (exact) mass is 374 g/mol. The molecule has 1 aliphatic rings. The number of pyridine rings is 1. The van der Waals surface area contributed by atoms with Gasteiger partial charge in [-0.3, -0.25) is 9.78 Å². The van der Waals surface area contributed by atoms with Gasteiger partial charge in [0.25, 0.3) is 0 Å². The summed E-state index contributed by atoms with van der Waals surface area (Å²) in [6.45, 7) is 1.82. The zero-order valence-corrected chi connectivity index (χ0v) is 16.6. The molecule has 3 aromatic rings. The smallest absolute Gasteiger partial charge is 0.166 e. The Morgan fingerprint density at radius 3 is 2.56 bits per heavy atom. The van der Waals surface area contributed by atoms with Crippen molar-refractivity contribution in [1.82, 2.24) is 4.98 Å². The summed E-state index contributed by atoms with van der Waals surface area (Å²) >= 11 is 1.70. The van der Waals surface area contributed by atoms with E-state index in [4.69, 9.17) is 0 Å². The van der Waals surface area contributed by atoms with Gasteiger partial charge in [-0.05, 0) is 43.4 Å². The van der Waals surface area contributed by atoms with E-state index in [1.165, 1.54) is 21.4 Å². The number of piperidine rings is 1. The first-order valence-corrected chi connectivity index (χ1v) is 10.7. The minimum absolute atomic E-state index is 0.121. The van der Waals surface area contributed by atoms with Crippen LogP contribution in [0.15, 0.2) is 59.6 Å². The molecule has 136 valence electrons. The Balaban J connectivity index is 1.49. The highest BCUT2D eigenvalue weighted by molar-refractivity contribution is 7.98. The Hall–Kier alpha value is -2.27. The van der Waals surface area contributed by atoms with E-state index in [0.29, 0.717) is 0 Å². The Morgan fingerprint density at radius 2 is 1.85 bits per heavy atom. The number of hydrogen-bond donors (Lipinski definition) is 0. The van der Waals surface area contributed by atoms with E-state index in [2.05, 4.69) is 48.3 Å². The van der Waals surface area contributed by atoms with Crippen molar-refractivity contribution in [3.05, 3.63) is 60.3 Å². The van der Waals surface area contributed by atoms with Gasteiger partial charge in [0.15, 0.2) is 5.78 Å². The predicted molar refractivity (Wildman–Crippen MR) is 117 cm³/mol. The second kappa shape index (κ2) is 7.77. The average molecular weight is 374 g/mol. The molecule has 0 unspecified atom stereocenters. The molecule has 1 aromatic heterocycles. The van der Waals surface area contributed by atoms with Crippen LogP contribution in [0.5, 0.6) is 0 Å². The molecule has 0 radical (unpaired) electrons. The third-order valence-corrected chi connectivity index (χ3v) is 6.20. The van der Waals surface area contributed by atoms with Crippen molar-refractivity contribution in [2.45, 2.75) is 17.7 Å². The van der Waals surface area contributed by atoms with Gasteiger partial charge < -0.3 is 4.90 Å². The Bertz CT molecular complexity index is 966. The number of fused-ring (bicyclic) bond motifs is 1. The number of Topliss-reactive ketones (excluding diaryl/α,β-unsaturated/α-hetero) is 1. The molecule has 1 fully saturated rings. The lowest BCUT2D eigenvalue weighted by Crippen LogP contribution is -2.36. The molecule has 2 heterocycles. The molecule has 0 atom stereocenters. The fourth-order valence-electron chi connectivity index (χ4n) is 3.89. The van der Waals surface area contributed by atoms with Gasteiger partial charge in [0, 0.05) is 46.7 Å². The molecule has 0 spiro atoms. The maximum Gasteiger partial charge on any atom is 0.166 e. The summed E-state index contributed by atoms with van der Waals surface area (Å²) in [7, 11) is 2.11. The molecule has 0 bridgehead atoms. The van der Waals surface area contributed by atoms with E-state index < -0.39 is 0 Å². The third kappa shape index (κ3) is 3.74. The number of ketones is 1. The summed E-state index contributed by atoms with van der Waals surface area (Å²) in [6.07, 6.45) is 5.74. The number of aromatic nitrogens is 1. The highest BCUT2D eigenvalue weighted by Crippen LogP contribution is 2.30. The van der Waals surface area contributed by atoms with Gasteiger partial charge in [-0.1, -0.05) is 29.7 Å². The standard InChI is InChI=1S/C22H23BN2OS/c1-27-18-5-2-15(3-6-18)22(26)16-9-12-25(13-10-16)21-8-11-24-20-7-4-17(23)14-19(20)21/h2-8,11,14,16H,9-10,12-13,23H2,1H3. The summed E-state index contributed by atoms with van der Waals surface area (Å²) in [5, 5.41) is 1.20. The summed E-state index contributed by atoms with van der Waals surface area (Å²) in [5.74, 6) is 0.411. The van der Waals surface area contributed by atoms with Crippen LogP contribution in [0.3, 0.4) is 0 Å². The van der Waals surface area contributed by atoms with Crippen LogP contribution in [0.25, 0.3) is 10.9 Å². The van der Waals surface area contributed by atoms with Crippen LogP contribution in [-0.2, 0) is 0 Å². The van der Waals surface area contributed by atoms with Gasteiger partial charge >= 0.3 is 0 Å². The van der Waals surface area contributed by atoms with Gasteiger partial charge in [-0.15, -0.1) is 11.8 Å². The second-order valence-corrected chi connectivity index (χ2v) is 8.08. The van der Waals surface area contributed by atoms with Crippen molar-refractivity contribution in [2.75, 3.05) is 24.2 Å². The molecule has 0 saturated carbocycles. The second-order valence-electron chi connectivity index (χ2n) is 7.20. The summed E-state index contributed by atoms with van der Waals surface area (Å²) in [4.78, 5) is 21.0. The highest BCUT2D eigenvalue weighted by atomic mass is 32.2.